The molecule has 0 radical (unpaired) electrons. The molecule has 98 valence electrons. The molecule has 0 unspecified atom stereocenters. The molecule has 0 heterocycles. The number of carbonyl (C=O) groups excluding carboxylic acids is 1. The summed E-state index contributed by atoms with van der Waals surface area (Å²) in [5.41, 5.74) is 6.24. The molecule has 2 aromatic rings. The maximum atomic E-state index is 13.6. The van der Waals surface area contributed by atoms with Gasteiger partial charge >= 0.3 is 0 Å². The molecule has 2 rings (SSSR count). The van der Waals surface area contributed by atoms with Crippen LogP contribution in [0.3, 0.4) is 0 Å². The average Bonchev–Trinajstić information content (AvgIpc) is 2.35. The second kappa shape index (κ2) is 5.59. The average molecular weight is 344 g/mol. The number of nitrogen functional groups attached to an aromatic ring is 1. The molecule has 1 amide bonds. The van der Waals surface area contributed by atoms with Crippen molar-refractivity contribution in [3.8, 4) is 0 Å². The molecule has 0 saturated carbocycles. The summed E-state index contributed by atoms with van der Waals surface area (Å²) in [6.07, 6.45) is 0. The number of hydrogen-bond acceptors (Lipinski definition) is 2. The molecule has 6 heteroatoms. The fraction of sp³-hybridized carbons (Fsp3) is 0. The van der Waals surface area contributed by atoms with Crippen molar-refractivity contribution < 1.29 is 9.18 Å². The van der Waals surface area contributed by atoms with Crippen LogP contribution in [-0.2, 0) is 0 Å². The van der Waals surface area contributed by atoms with Crippen LogP contribution in [0.25, 0.3) is 0 Å². The van der Waals surface area contributed by atoms with Crippen LogP contribution in [0.5, 0.6) is 0 Å². The third-order valence-corrected chi connectivity index (χ3v) is 3.17. The van der Waals surface area contributed by atoms with E-state index in [1.54, 1.807) is 12.1 Å². The molecule has 0 spiro atoms. The highest BCUT2D eigenvalue weighted by Gasteiger charge is 2.12. The highest BCUT2D eigenvalue weighted by Crippen LogP contribution is 2.22. The molecule has 0 bridgehead atoms. The minimum atomic E-state index is -0.539. The van der Waals surface area contributed by atoms with Gasteiger partial charge in [0, 0.05) is 15.2 Å². The van der Waals surface area contributed by atoms with Crippen LogP contribution < -0.4 is 11.1 Å². The van der Waals surface area contributed by atoms with Crippen molar-refractivity contribution >= 4 is 44.8 Å². The van der Waals surface area contributed by atoms with Gasteiger partial charge in [0.25, 0.3) is 5.91 Å². The number of anilines is 2. The van der Waals surface area contributed by atoms with Gasteiger partial charge in [-0.15, -0.1) is 0 Å². The van der Waals surface area contributed by atoms with Crippen LogP contribution in [0.1, 0.15) is 10.4 Å². The van der Waals surface area contributed by atoms with Gasteiger partial charge in [-0.05, 0) is 36.4 Å². The van der Waals surface area contributed by atoms with Crippen molar-refractivity contribution in [2.24, 2.45) is 0 Å². The summed E-state index contributed by atoms with van der Waals surface area (Å²) in [5.74, 6) is -1.05. The first-order valence-corrected chi connectivity index (χ1v) is 6.46. The normalized spacial score (nSPS) is 10.3. The molecule has 0 aliphatic carbocycles. The van der Waals surface area contributed by atoms with Crippen LogP contribution >= 0.6 is 27.5 Å². The van der Waals surface area contributed by atoms with E-state index in [9.17, 15) is 9.18 Å². The van der Waals surface area contributed by atoms with E-state index >= 15 is 0 Å². The van der Waals surface area contributed by atoms with Gasteiger partial charge in [0.2, 0.25) is 0 Å². The predicted molar refractivity (Wildman–Crippen MR) is 77.9 cm³/mol. The monoisotopic (exact) mass is 342 g/mol. The van der Waals surface area contributed by atoms with Gasteiger partial charge in [-0.25, -0.2) is 4.39 Å². The second-order valence-corrected chi connectivity index (χ2v) is 5.16. The van der Waals surface area contributed by atoms with Crippen LogP contribution in [0.15, 0.2) is 40.9 Å². The molecule has 0 atom stereocenters. The first-order valence-electron chi connectivity index (χ1n) is 5.29. The van der Waals surface area contributed by atoms with Gasteiger partial charge < -0.3 is 11.1 Å². The molecule has 0 aliphatic heterocycles. The number of hydrogen-bond donors (Lipinski definition) is 2. The predicted octanol–water partition coefficient (Wildman–Crippen LogP) is 4.08. The molecule has 0 aromatic heterocycles. The topological polar surface area (TPSA) is 55.1 Å². The first-order chi connectivity index (χ1) is 8.97. The fourth-order valence-corrected chi connectivity index (χ4v) is 2.01. The van der Waals surface area contributed by atoms with Crippen molar-refractivity contribution in [1.29, 1.82) is 0 Å². The largest absolute Gasteiger partial charge is 0.398 e. The molecular formula is C13H9BrClFN2O. The van der Waals surface area contributed by atoms with Gasteiger partial charge in [-0.1, -0.05) is 27.5 Å². The number of halogens is 3. The Kier molecular flexibility index (Phi) is 4.07. The van der Waals surface area contributed by atoms with Crippen LogP contribution in [-0.4, -0.2) is 5.91 Å². The number of nitrogens with one attached hydrogen (secondary N) is 1. The van der Waals surface area contributed by atoms with E-state index in [1.165, 1.54) is 24.3 Å². The van der Waals surface area contributed by atoms with Gasteiger partial charge in [-0.3, -0.25) is 4.79 Å². The Morgan fingerprint density at radius 2 is 2.00 bits per heavy atom. The van der Waals surface area contributed by atoms with E-state index in [-0.39, 0.29) is 16.9 Å². The van der Waals surface area contributed by atoms with Crippen molar-refractivity contribution in [1.82, 2.24) is 0 Å². The maximum Gasteiger partial charge on any atom is 0.257 e. The number of carbonyl (C=O) groups is 1. The fourth-order valence-electron chi connectivity index (χ4n) is 1.51. The van der Waals surface area contributed by atoms with Crippen molar-refractivity contribution in [3.63, 3.8) is 0 Å². The van der Waals surface area contributed by atoms with Crippen LogP contribution in [0, 0.1) is 5.82 Å². The zero-order valence-corrected chi connectivity index (χ0v) is 11.9. The van der Waals surface area contributed by atoms with Crippen LogP contribution in [0.4, 0.5) is 15.8 Å². The molecule has 0 aliphatic rings. The molecule has 19 heavy (non-hydrogen) atoms. The molecule has 0 saturated heterocycles. The van der Waals surface area contributed by atoms with Crippen LogP contribution in [0.2, 0.25) is 5.02 Å². The zero-order valence-electron chi connectivity index (χ0n) is 9.58. The van der Waals surface area contributed by atoms with E-state index in [0.717, 1.165) is 0 Å². The highest BCUT2D eigenvalue weighted by atomic mass is 79.9. The third-order valence-electron chi connectivity index (χ3n) is 2.44. The van der Waals surface area contributed by atoms with Gasteiger partial charge in [-0.2, -0.15) is 0 Å². The first kappa shape index (κ1) is 13.8. The Hall–Kier alpha value is -1.59. The summed E-state index contributed by atoms with van der Waals surface area (Å²) < 4.78 is 14.2. The van der Waals surface area contributed by atoms with Crippen molar-refractivity contribution in [2.45, 2.75) is 0 Å². The Morgan fingerprint density at radius 1 is 1.26 bits per heavy atom. The zero-order chi connectivity index (χ0) is 14.0. The third kappa shape index (κ3) is 3.24. The minimum Gasteiger partial charge on any atom is -0.398 e. The van der Waals surface area contributed by atoms with E-state index in [4.69, 9.17) is 17.3 Å². The lowest BCUT2D eigenvalue weighted by atomic mass is 10.1. The lowest BCUT2D eigenvalue weighted by Crippen LogP contribution is -2.15. The van der Waals surface area contributed by atoms with Gasteiger partial charge in [0.15, 0.2) is 0 Å². The van der Waals surface area contributed by atoms with Crippen molar-refractivity contribution in [3.05, 3.63) is 57.3 Å². The number of rotatable bonds is 2. The van der Waals surface area contributed by atoms with E-state index < -0.39 is 11.7 Å². The summed E-state index contributed by atoms with van der Waals surface area (Å²) in [6.45, 7) is 0. The SMILES string of the molecule is Nc1ccc(Cl)cc1C(=O)Nc1ccc(Br)cc1F. The Labute approximate surface area is 122 Å². The smallest absolute Gasteiger partial charge is 0.257 e. The summed E-state index contributed by atoms with van der Waals surface area (Å²) in [4.78, 5) is 12.0. The van der Waals surface area contributed by atoms with E-state index in [1.807, 2.05) is 0 Å². The van der Waals surface area contributed by atoms with E-state index in [2.05, 4.69) is 21.2 Å². The molecule has 3 nitrogen and oxygen atoms in total. The Bertz CT molecular complexity index is 649. The highest BCUT2D eigenvalue weighted by molar-refractivity contribution is 9.10. The lowest BCUT2D eigenvalue weighted by Gasteiger charge is -2.09. The Balaban J connectivity index is 2.28. The van der Waals surface area contributed by atoms with Gasteiger partial charge in [0.1, 0.15) is 5.82 Å². The quantitative estimate of drug-likeness (QED) is 0.807. The maximum absolute atomic E-state index is 13.6. The van der Waals surface area contributed by atoms with Crippen molar-refractivity contribution in [2.75, 3.05) is 11.1 Å². The standard InChI is InChI=1S/C13H9BrClFN2O/c14-7-1-4-12(10(16)5-7)18-13(19)9-6-8(15)2-3-11(9)17/h1-6H,17H2,(H,18,19). The Morgan fingerprint density at radius 3 is 2.68 bits per heavy atom. The summed E-state index contributed by atoms with van der Waals surface area (Å²) in [6, 6.07) is 8.88. The number of benzene rings is 2. The van der Waals surface area contributed by atoms with E-state index in [0.29, 0.717) is 9.50 Å². The lowest BCUT2D eigenvalue weighted by molar-refractivity contribution is 0.102. The molecule has 0 fully saturated rings. The summed E-state index contributed by atoms with van der Waals surface area (Å²) >= 11 is 8.94. The molecule has 2 aromatic carbocycles. The summed E-state index contributed by atoms with van der Waals surface area (Å²) in [7, 11) is 0. The molecular weight excluding hydrogens is 335 g/mol. The summed E-state index contributed by atoms with van der Waals surface area (Å²) in [5, 5.41) is 2.83. The molecule has 3 N–H and O–H groups in total. The number of amides is 1. The van der Waals surface area contributed by atoms with Gasteiger partial charge in [0.05, 0.1) is 11.3 Å². The number of nitrogens with two attached hydrogens (primary N) is 1. The second-order valence-electron chi connectivity index (χ2n) is 3.81. The minimum absolute atomic E-state index is 0.0765.